The molecule has 164 valence electrons. The molecule has 0 aliphatic carbocycles. The fourth-order valence-electron chi connectivity index (χ4n) is 4.08. The van der Waals surface area contributed by atoms with E-state index in [1.165, 1.54) is 0 Å². The number of nitrogens with two attached hydrogens (primary N) is 2. The van der Waals surface area contributed by atoms with Crippen molar-refractivity contribution in [2.24, 2.45) is 11.5 Å². The molecule has 0 atom stereocenters. The Morgan fingerprint density at radius 1 is 1.03 bits per heavy atom. The molecule has 2 aromatic heterocycles. The molecule has 33 heavy (non-hydrogen) atoms. The maximum atomic E-state index is 12.6. The molecule has 8 nitrogen and oxygen atoms in total. The van der Waals surface area contributed by atoms with Crippen LogP contribution in [0.2, 0.25) is 0 Å². The minimum atomic E-state index is -0.750. The first-order chi connectivity index (χ1) is 15.8. The molecule has 8 heteroatoms. The molecule has 0 bridgehead atoms. The number of aryl methyl sites for hydroxylation is 1. The lowest BCUT2D eigenvalue weighted by Gasteiger charge is -2.15. The summed E-state index contributed by atoms with van der Waals surface area (Å²) in [4.78, 5) is 29.6. The third-order valence-corrected chi connectivity index (χ3v) is 5.65. The van der Waals surface area contributed by atoms with E-state index in [1.807, 2.05) is 26.0 Å². The van der Waals surface area contributed by atoms with Gasteiger partial charge in [0.15, 0.2) is 0 Å². The normalized spacial score (nSPS) is 10.8. The summed E-state index contributed by atoms with van der Waals surface area (Å²) in [6.07, 6.45) is 0.555. The number of nitriles is 1. The molecule has 0 aliphatic rings. The van der Waals surface area contributed by atoms with Crippen LogP contribution >= 0.6 is 0 Å². The zero-order valence-electron chi connectivity index (χ0n) is 18.3. The Kier molecular flexibility index (Phi) is 5.63. The monoisotopic (exact) mass is 438 g/mol. The van der Waals surface area contributed by atoms with Crippen LogP contribution in [-0.2, 0) is 13.0 Å². The predicted molar refractivity (Wildman–Crippen MR) is 124 cm³/mol. The fraction of sp³-hybridized carbons (Fsp3) is 0.160. The first-order valence-electron chi connectivity index (χ1n) is 10.4. The van der Waals surface area contributed by atoms with E-state index in [1.54, 1.807) is 41.1 Å². The zero-order valence-corrected chi connectivity index (χ0v) is 18.3. The summed E-state index contributed by atoms with van der Waals surface area (Å²) in [6, 6.07) is 16.3. The minimum Gasteiger partial charge on any atom is -0.366 e. The zero-order chi connectivity index (χ0) is 23.7. The highest BCUT2D eigenvalue weighted by Crippen LogP contribution is 2.36. The summed E-state index contributed by atoms with van der Waals surface area (Å²) in [6.45, 7) is 4.26. The number of nitrogens with zero attached hydrogens (tertiary/aromatic N) is 4. The van der Waals surface area contributed by atoms with E-state index in [2.05, 4.69) is 11.1 Å². The van der Waals surface area contributed by atoms with Crippen molar-refractivity contribution < 1.29 is 9.59 Å². The number of carbonyl (C=O) groups is 2. The number of primary amides is 2. The molecule has 2 amide bonds. The highest BCUT2D eigenvalue weighted by molar-refractivity contribution is 6.15. The summed E-state index contributed by atoms with van der Waals surface area (Å²) in [5, 5.41) is 14.3. The van der Waals surface area contributed by atoms with Crippen molar-refractivity contribution >= 4 is 22.7 Å². The van der Waals surface area contributed by atoms with Gasteiger partial charge in [-0.05, 0) is 37.1 Å². The Labute approximate surface area is 190 Å². The van der Waals surface area contributed by atoms with E-state index in [9.17, 15) is 9.59 Å². The Bertz CT molecular complexity index is 1440. The van der Waals surface area contributed by atoms with Gasteiger partial charge in [0.1, 0.15) is 5.69 Å². The van der Waals surface area contributed by atoms with Crippen LogP contribution in [0.4, 0.5) is 0 Å². The molecule has 0 fully saturated rings. The fourth-order valence-corrected chi connectivity index (χ4v) is 4.08. The van der Waals surface area contributed by atoms with Gasteiger partial charge in [-0.15, -0.1) is 0 Å². The molecule has 0 aliphatic heterocycles. The largest absolute Gasteiger partial charge is 0.366 e. The van der Waals surface area contributed by atoms with Crippen LogP contribution in [0.5, 0.6) is 0 Å². The van der Waals surface area contributed by atoms with Gasteiger partial charge in [0, 0.05) is 22.2 Å². The molecule has 0 saturated heterocycles. The standard InChI is InChI=1S/C25H22N6O2/c1-3-18-20(14(2)31(30-18)13-16-10-8-15(12-26)9-11-16)22-21(24(27)32)17-6-4-5-7-19(17)29-23(22)25(28)33/h4-11H,3,13H2,1-2H3,(H2,27,32)(H2,28,33). The quantitative estimate of drug-likeness (QED) is 0.476. The molecule has 0 spiro atoms. The van der Waals surface area contributed by atoms with Gasteiger partial charge in [0.05, 0.1) is 35.0 Å². The summed E-state index contributed by atoms with van der Waals surface area (Å²) >= 11 is 0. The van der Waals surface area contributed by atoms with Crippen LogP contribution in [0, 0.1) is 18.3 Å². The SMILES string of the molecule is CCc1nn(Cc2ccc(C#N)cc2)c(C)c1-c1c(C(N)=O)nc2ccccc2c1C(N)=O. The molecular formula is C25H22N6O2. The van der Waals surface area contributed by atoms with E-state index in [0.29, 0.717) is 46.3 Å². The number of hydrogen-bond acceptors (Lipinski definition) is 5. The summed E-state index contributed by atoms with van der Waals surface area (Å²) in [7, 11) is 0. The van der Waals surface area contributed by atoms with E-state index in [0.717, 1.165) is 11.3 Å². The van der Waals surface area contributed by atoms with Crippen molar-refractivity contribution in [2.45, 2.75) is 26.8 Å². The van der Waals surface area contributed by atoms with Gasteiger partial charge < -0.3 is 11.5 Å². The lowest BCUT2D eigenvalue weighted by molar-refractivity contribution is 0.0996. The Morgan fingerprint density at radius 3 is 2.33 bits per heavy atom. The minimum absolute atomic E-state index is 0.0155. The van der Waals surface area contributed by atoms with Gasteiger partial charge in [-0.1, -0.05) is 37.3 Å². The highest BCUT2D eigenvalue weighted by atomic mass is 16.1. The average Bonchev–Trinajstić information content (AvgIpc) is 3.12. The van der Waals surface area contributed by atoms with Crippen molar-refractivity contribution in [3.63, 3.8) is 0 Å². The number of hydrogen-bond donors (Lipinski definition) is 2. The Morgan fingerprint density at radius 2 is 1.73 bits per heavy atom. The smallest absolute Gasteiger partial charge is 0.267 e. The number of aromatic nitrogens is 3. The summed E-state index contributed by atoms with van der Waals surface area (Å²) in [5.41, 5.74) is 16.1. The van der Waals surface area contributed by atoms with E-state index < -0.39 is 11.8 Å². The molecule has 2 aromatic carbocycles. The second-order valence-corrected chi connectivity index (χ2v) is 7.68. The lowest BCUT2D eigenvalue weighted by Crippen LogP contribution is -2.21. The van der Waals surface area contributed by atoms with Gasteiger partial charge in [-0.25, -0.2) is 4.98 Å². The van der Waals surface area contributed by atoms with E-state index in [4.69, 9.17) is 21.8 Å². The van der Waals surface area contributed by atoms with Gasteiger partial charge in [0.2, 0.25) is 5.91 Å². The molecule has 0 radical (unpaired) electrons. The van der Waals surface area contributed by atoms with E-state index >= 15 is 0 Å². The van der Waals surface area contributed by atoms with Crippen molar-refractivity contribution in [3.8, 4) is 17.2 Å². The van der Waals surface area contributed by atoms with Crippen LogP contribution < -0.4 is 11.5 Å². The van der Waals surface area contributed by atoms with Crippen LogP contribution in [0.1, 0.15) is 50.3 Å². The molecule has 2 heterocycles. The number of benzene rings is 2. The van der Waals surface area contributed by atoms with E-state index in [-0.39, 0.29) is 11.3 Å². The third-order valence-electron chi connectivity index (χ3n) is 5.65. The Hall–Kier alpha value is -4.51. The van der Waals surface area contributed by atoms with Crippen molar-refractivity contribution in [3.05, 3.63) is 82.3 Å². The lowest BCUT2D eigenvalue weighted by atomic mass is 9.91. The van der Waals surface area contributed by atoms with Gasteiger partial charge in [0.25, 0.3) is 5.91 Å². The first-order valence-corrected chi connectivity index (χ1v) is 10.4. The van der Waals surface area contributed by atoms with Crippen LogP contribution in [0.3, 0.4) is 0 Å². The van der Waals surface area contributed by atoms with Crippen molar-refractivity contribution in [1.82, 2.24) is 14.8 Å². The molecule has 4 aromatic rings. The molecule has 4 rings (SSSR count). The van der Waals surface area contributed by atoms with Crippen LogP contribution in [0.25, 0.3) is 22.0 Å². The maximum absolute atomic E-state index is 12.6. The topological polar surface area (TPSA) is 141 Å². The van der Waals surface area contributed by atoms with Gasteiger partial charge >= 0.3 is 0 Å². The van der Waals surface area contributed by atoms with Crippen LogP contribution in [-0.4, -0.2) is 26.6 Å². The van der Waals surface area contributed by atoms with Crippen molar-refractivity contribution in [2.75, 3.05) is 0 Å². The van der Waals surface area contributed by atoms with Gasteiger partial charge in [-0.2, -0.15) is 10.4 Å². The maximum Gasteiger partial charge on any atom is 0.267 e. The highest BCUT2D eigenvalue weighted by Gasteiger charge is 2.28. The summed E-state index contributed by atoms with van der Waals surface area (Å²) < 4.78 is 1.81. The van der Waals surface area contributed by atoms with Gasteiger partial charge in [-0.3, -0.25) is 14.3 Å². The number of amides is 2. The average molecular weight is 438 g/mol. The molecule has 4 N–H and O–H groups in total. The number of fused-ring (bicyclic) bond motifs is 1. The number of pyridine rings is 1. The summed E-state index contributed by atoms with van der Waals surface area (Å²) in [5.74, 6) is -1.42. The third kappa shape index (κ3) is 3.81. The molecular weight excluding hydrogens is 416 g/mol. The number of carbonyl (C=O) groups excluding carboxylic acids is 2. The van der Waals surface area contributed by atoms with Crippen molar-refractivity contribution in [1.29, 1.82) is 5.26 Å². The first kappa shape index (κ1) is 21.7. The second-order valence-electron chi connectivity index (χ2n) is 7.68. The molecule has 0 unspecified atom stereocenters. The molecule has 0 saturated carbocycles. The number of rotatable bonds is 6. The van der Waals surface area contributed by atoms with Crippen LogP contribution in [0.15, 0.2) is 48.5 Å². The predicted octanol–water partition coefficient (Wildman–Crippen LogP) is 3.09. The number of para-hydroxylation sites is 1. The second kappa shape index (κ2) is 8.55. The Balaban J connectivity index is 1.98.